The zero-order valence-corrected chi connectivity index (χ0v) is 17.1. The molecule has 0 saturated heterocycles. The molecule has 3 rings (SSSR count). The molecule has 6 heteroatoms. The summed E-state index contributed by atoms with van der Waals surface area (Å²) in [4.78, 5) is 18.4. The summed E-state index contributed by atoms with van der Waals surface area (Å²) in [6, 6.07) is 22.5. The number of carboxylic acids is 1. The van der Waals surface area contributed by atoms with Crippen LogP contribution in [-0.4, -0.2) is 23.3 Å². The molecular formula is C23H24N2O3S. The van der Waals surface area contributed by atoms with Gasteiger partial charge in [-0.25, -0.2) is 0 Å². The van der Waals surface area contributed by atoms with Crippen LogP contribution in [0.1, 0.15) is 29.3 Å². The molecular weight excluding hydrogens is 384 g/mol. The molecule has 2 N–H and O–H groups in total. The van der Waals surface area contributed by atoms with Crippen molar-refractivity contribution < 1.29 is 14.7 Å². The Bertz CT molecular complexity index is 950. The van der Waals surface area contributed by atoms with E-state index in [9.17, 15) is 4.79 Å². The lowest BCUT2D eigenvalue weighted by Gasteiger charge is -2.05. The summed E-state index contributed by atoms with van der Waals surface area (Å²) in [5.41, 5.74) is 4.12. The number of rotatable bonds is 10. The van der Waals surface area contributed by atoms with Crippen molar-refractivity contribution in [2.24, 2.45) is 5.16 Å². The average Bonchev–Trinajstić information content (AvgIpc) is 3.21. The Morgan fingerprint density at radius 3 is 2.55 bits per heavy atom. The van der Waals surface area contributed by atoms with Gasteiger partial charge in [0.15, 0.2) is 6.61 Å². The van der Waals surface area contributed by atoms with Crippen molar-refractivity contribution in [3.8, 4) is 10.4 Å². The average molecular weight is 409 g/mol. The van der Waals surface area contributed by atoms with Crippen LogP contribution in [0, 0.1) is 0 Å². The van der Waals surface area contributed by atoms with Gasteiger partial charge < -0.3 is 15.3 Å². The van der Waals surface area contributed by atoms with Gasteiger partial charge in [0.25, 0.3) is 0 Å². The Hall–Kier alpha value is -2.96. The van der Waals surface area contributed by atoms with Gasteiger partial charge in [-0.2, -0.15) is 0 Å². The van der Waals surface area contributed by atoms with Crippen LogP contribution in [0.25, 0.3) is 10.4 Å². The zero-order valence-electron chi connectivity index (χ0n) is 16.3. The molecule has 0 aliphatic heterocycles. The zero-order chi connectivity index (χ0) is 20.5. The second kappa shape index (κ2) is 10.5. The number of benzene rings is 2. The third kappa shape index (κ3) is 6.55. The number of nitrogens with one attached hydrogen (secondary N) is 1. The normalized spacial score (nSPS) is 11.4. The summed E-state index contributed by atoms with van der Waals surface area (Å²) in [6.45, 7) is 3.47. The summed E-state index contributed by atoms with van der Waals surface area (Å²) in [5, 5.41) is 16.0. The van der Waals surface area contributed by atoms with Crippen LogP contribution < -0.4 is 5.32 Å². The van der Waals surface area contributed by atoms with Crippen molar-refractivity contribution in [3.05, 3.63) is 82.7 Å². The summed E-state index contributed by atoms with van der Waals surface area (Å²) in [5.74, 6) is -0.793. The molecule has 1 aromatic heterocycles. The van der Waals surface area contributed by atoms with Crippen LogP contribution in [0.15, 0.2) is 71.9 Å². The highest BCUT2D eigenvalue weighted by atomic mass is 32.1. The molecule has 3 aromatic rings. The Kier molecular flexibility index (Phi) is 7.55. The van der Waals surface area contributed by atoms with Gasteiger partial charge in [0, 0.05) is 22.8 Å². The highest BCUT2D eigenvalue weighted by Gasteiger charge is 2.04. The van der Waals surface area contributed by atoms with Gasteiger partial charge in [0.05, 0.1) is 12.1 Å². The maximum Gasteiger partial charge on any atom is 0.304 e. The minimum absolute atomic E-state index is 0.123. The van der Waals surface area contributed by atoms with Gasteiger partial charge in [-0.3, -0.25) is 4.79 Å². The molecule has 1 heterocycles. The van der Waals surface area contributed by atoms with Gasteiger partial charge in [-0.05, 0) is 35.7 Å². The number of nitrogens with zero attached hydrogens (tertiary/aromatic N) is 1. The van der Waals surface area contributed by atoms with Gasteiger partial charge in [-0.15, -0.1) is 11.3 Å². The van der Waals surface area contributed by atoms with Crippen LogP contribution in [0.4, 0.5) is 0 Å². The first-order chi connectivity index (χ1) is 14.1. The van der Waals surface area contributed by atoms with Crippen molar-refractivity contribution in [2.75, 3.05) is 6.54 Å². The molecule has 0 radical (unpaired) electrons. The molecule has 5 nitrogen and oxygen atoms in total. The largest absolute Gasteiger partial charge is 0.481 e. The number of oxime groups is 1. The number of carbonyl (C=O) groups is 1. The Morgan fingerprint density at radius 1 is 1.07 bits per heavy atom. The summed E-state index contributed by atoms with van der Waals surface area (Å²) in [7, 11) is 0. The van der Waals surface area contributed by atoms with E-state index < -0.39 is 5.97 Å². The molecule has 0 spiro atoms. The van der Waals surface area contributed by atoms with Crippen LogP contribution in [-0.2, 0) is 22.8 Å². The molecule has 29 heavy (non-hydrogen) atoms. The first kappa shape index (κ1) is 20.8. The summed E-state index contributed by atoms with van der Waals surface area (Å²) < 4.78 is 0. The van der Waals surface area contributed by atoms with Crippen molar-refractivity contribution in [2.45, 2.75) is 26.5 Å². The fourth-order valence-electron chi connectivity index (χ4n) is 2.75. The van der Waals surface area contributed by atoms with Crippen molar-refractivity contribution >= 4 is 23.0 Å². The Labute approximate surface area is 174 Å². The quantitative estimate of drug-likeness (QED) is 0.284. The lowest BCUT2D eigenvalue weighted by atomic mass is 10.1. The first-order valence-corrected chi connectivity index (χ1v) is 10.3. The van der Waals surface area contributed by atoms with Crippen LogP contribution in [0.3, 0.4) is 0 Å². The van der Waals surface area contributed by atoms with Gasteiger partial charge in [-0.1, -0.05) is 59.8 Å². The minimum atomic E-state index is -0.793. The SMILES string of the molecule is C/C(=N\OCc1ccc(-c2ccccc2)s1)c1ccc(CNCCC(=O)O)cc1. The van der Waals surface area contributed by atoms with E-state index in [1.54, 1.807) is 11.3 Å². The first-order valence-electron chi connectivity index (χ1n) is 9.44. The van der Waals surface area contributed by atoms with Crippen LogP contribution >= 0.6 is 11.3 Å². The smallest absolute Gasteiger partial charge is 0.304 e. The summed E-state index contributed by atoms with van der Waals surface area (Å²) >= 11 is 1.71. The van der Waals surface area contributed by atoms with E-state index in [1.807, 2.05) is 49.4 Å². The number of hydrogen-bond acceptors (Lipinski definition) is 5. The third-order valence-electron chi connectivity index (χ3n) is 4.34. The van der Waals surface area contributed by atoms with Crippen molar-refractivity contribution in [1.82, 2.24) is 5.32 Å². The molecule has 0 aliphatic rings. The lowest BCUT2D eigenvalue weighted by Crippen LogP contribution is -2.17. The van der Waals surface area contributed by atoms with E-state index in [4.69, 9.17) is 9.94 Å². The fourth-order valence-corrected chi connectivity index (χ4v) is 3.67. The van der Waals surface area contributed by atoms with Crippen LogP contribution in [0.2, 0.25) is 0 Å². The van der Waals surface area contributed by atoms with Gasteiger partial charge in [0.1, 0.15) is 0 Å². The molecule has 0 amide bonds. The molecule has 0 saturated carbocycles. The molecule has 2 aromatic carbocycles. The lowest BCUT2D eigenvalue weighted by molar-refractivity contribution is -0.136. The standard InChI is InChI=1S/C23H24N2O3S/c1-17(19-9-7-18(8-10-19)15-24-14-13-23(26)27)25-28-16-21-11-12-22(29-21)20-5-3-2-4-6-20/h2-12,24H,13-16H2,1H3,(H,26,27)/b25-17+. The number of carboxylic acid groups (broad SMARTS) is 1. The van der Waals surface area contributed by atoms with E-state index in [-0.39, 0.29) is 6.42 Å². The highest BCUT2D eigenvalue weighted by Crippen LogP contribution is 2.28. The van der Waals surface area contributed by atoms with Crippen molar-refractivity contribution in [3.63, 3.8) is 0 Å². The van der Waals surface area contributed by atoms with Crippen molar-refractivity contribution in [1.29, 1.82) is 0 Å². The molecule has 0 fully saturated rings. The maximum absolute atomic E-state index is 10.5. The molecule has 150 valence electrons. The highest BCUT2D eigenvalue weighted by molar-refractivity contribution is 7.15. The Morgan fingerprint density at radius 2 is 1.83 bits per heavy atom. The predicted molar refractivity (Wildman–Crippen MR) is 117 cm³/mol. The second-order valence-corrected chi connectivity index (χ2v) is 7.77. The molecule has 0 bridgehead atoms. The number of aliphatic carboxylic acids is 1. The molecule has 0 aliphatic carbocycles. The molecule has 0 atom stereocenters. The van der Waals surface area contributed by atoms with Gasteiger partial charge in [0.2, 0.25) is 0 Å². The topological polar surface area (TPSA) is 70.9 Å². The van der Waals surface area contributed by atoms with E-state index in [2.05, 4.69) is 34.7 Å². The second-order valence-electron chi connectivity index (χ2n) is 6.60. The van der Waals surface area contributed by atoms with E-state index >= 15 is 0 Å². The Balaban J connectivity index is 1.48. The summed E-state index contributed by atoms with van der Waals surface area (Å²) in [6.07, 6.45) is 0.123. The van der Waals surface area contributed by atoms with E-state index in [1.165, 1.54) is 10.4 Å². The maximum atomic E-state index is 10.5. The van der Waals surface area contributed by atoms with E-state index in [0.717, 1.165) is 21.7 Å². The van der Waals surface area contributed by atoms with E-state index in [0.29, 0.717) is 19.7 Å². The van der Waals surface area contributed by atoms with Gasteiger partial charge >= 0.3 is 5.97 Å². The van der Waals surface area contributed by atoms with Crippen LogP contribution in [0.5, 0.6) is 0 Å². The fraction of sp³-hybridized carbons (Fsp3) is 0.217. The third-order valence-corrected chi connectivity index (χ3v) is 5.45. The minimum Gasteiger partial charge on any atom is -0.481 e. The number of hydrogen-bond donors (Lipinski definition) is 2. The monoisotopic (exact) mass is 408 g/mol. The predicted octanol–water partition coefficient (Wildman–Crippen LogP) is 4.92. The number of thiophene rings is 1. The molecule has 0 unspecified atom stereocenters.